The maximum absolute atomic E-state index is 13.5. The molecule has 1 saturated carbocycles. The Morgan fingerprint density at radius 3 is 2.59 bits per heavy atom. The molecule has 0 spiro atoms. The fraction of sp³-hybridized carbons (Fsp3) is 0.407. The van der Waals surface area contributed by atoms with Crippen molar-refractivity contribution in [3.63, 3.8) is 0 Å². The quantitative estimate of drug-likeness (QED) is 0.273. The Morgan fingerprint density at radius 1 is 1.22 bits per heavy atom. The number of aryl methyl sites for hydroxylation is 1. The van der Waals surface area contributed by atoms with Crippen molar-refractivity contribution in [1.82, 2.24) is 9.88 Å². The summed E-state index contributed by atoms with van der Waals surface area (Å²) in [7, 11) is 0. The van der Waals surface area contributed by atoms with Crippen LogP contribution in [-0.2, 0) is 17.8 Å². The summed E-state index contributed by atoms with van der Waals surface area (Å²) in [6.07, 6.45) is 4.28. The number of carbonyl (C=O) groups is 1. The molecule has 198 valence electrons. The molecule has 10 heteroatoms. The van der Waals surface area contributed by atoms with Gasteiger partial charge in [0, 0.05) is 30.2 Å². The number of rotatable bonds is 12. The Bertz CT molecular complexity index is 1230. The van der Waals surface area contributed by atoms with Crippen LogP contribution in [0.4, 0.5) is 4.39 Å². The van der Waals surface area contributed by atoms with Gasteiger partial charge in [-0.25, -0.2) is 9.37 Å². The maximum atomic E-state index is 13.5. The fourth-order valence-electron chi connectivity index (χ4n) is 4.08. The molecule has 4 rings (SSSR count). The van der Waals surface area contributed by atoms with E-state index in [2.05, 4.69) is 31.0 Å². The van der Waals surface area contributed by atoms with Gasteiger partial charge in [0.05, 0.1) is 16.0 Å². The van der Waals surface area contributed by atoms with Gasteiger partial charge in [-0.2, -0.15) is 0 Å². The van der Waals surface area contributed by atoms with Crippen LogP contribution in [0.2, 0.25) is 10.0 Å². The lowest BCUT2D eigenvalue weighted by Gasteiger charge is -2.27. The molecule has 0 aliphatic heterocycles. The maximum Gasteiger partial charge on any atom is 0.273 e. The molecule has 1 atom stereocenters. The first-order chi connectivity index (χ1) is 17.8. The number of carbonyl (C=O) groups excluding carboxylic acids is 1. The Labute approximate surface area is 230 Å². The zero-order chi connectivity index (χ0) is 26.5. The van der Waals surface area contributed by atoms with Crippen LogP contribution in [0.1, 0.15) is 34.4 Å². The zero-order valence-corrected chi connectivity index (χ0v) is 23.1. The van der Waals surface area contributed by atoms with Crippen LogP contribution in [0.15, 0.2) is 36.5 Å². The van der Waals surface area contributed by atoms with E-state index in [1.165, 1.54) is 28.0 Å². The van der Waals surface area contributed by atoms with Gasteiger partial charge in [0.2, 0.25) is 5.91 Å². The molecule has 37 heavy (non-hydrogen) atoms. The number of nitrogens with zero attached hydrogens (tertiary/aromatic N) is 2. The summed E-state index contributed by atoms with van der Waals surface area (Å²) in [5.41, 5.74) is 9.69. The molecule has 1 fully saturated rings. The highest BCUT2D eigenvalue weighted by Crippen LogP contribution is 2.34. The fourth-order valence-corrected chi connectivity index (χ4v) is 5.51. The van der Waals surface area contributed by atoms with Crippen molar-refractivity contribution in [2.45, 2.75) is 45.7 Å². The summed E-state index contributed by atoms with van der Waals surface area (Å²) < 4.78 is 24.5. The van der Waals surface area contributed by atoms with Crippen molar-refractivity contribution in [1.29, 1.82) is 0 Å². The third-order valence-electron chi connectivity index (χ3n) is 6.46. The van der Waals surface area contributed by atoms with E-state index in [4.69, 9.17) is 38.4 Å². The van der Waals surface area contributed by atoms with Crippen LogP contribution in [0, 0.1) is 25.6 Å². The summed E-state index contributed by atoms with van der Waals surface area (Å²) in [6.45, 7) is 5.41. The van der Waals surface area contributed by atoms with E-state index in [1.54, 1.807) is 6.20 Å². The summed E-state index contributed by atoms with van der Waals surface area (Å²) >= 11 is 13.3. The molecule has 1 amide bonds. The number of ether oxygens (including phenoxy) is 2. The second-order valence-electron chi connectivity index (χ2n) is 9.18. The van der Waals surface area contributed by atoms with Crippen molar-refractivity contribution >= 4 is 40.4 Å². The monoisotopic (exact) mass is 565 g/mol. The lowest BCUT2D eigenvalue weighted by atomic mass is 10.00. The van der Waals surface area contributed by atoms with Crippen LogP contribution >= 0.6 is 34.5 Å². The minimum absolute atomic E-state index is 0.0863. The van der Waals surface area contributed by atoms with Crippen molar-refractivity contribution < 1.29 is 18.7 Å². The van der Waals surface area contributed by atoms with Crippen LogP contribution < -0.4 is 15.2 Å². The number of benzene rings is 2. The van der Waals surface area contributed by atoms with E-state index < -0.39 is 5.82 Å². The third kappa shape index (κ3) is 7.13. The molecule has 2 aromatic carbocycles. The highest BCUT2D eigenvalue weighted by atomic mass is 35.5. The van der Waals surface area contributed by atoms with Crippen molar-refractivity contribution in [2.24, 2.45) is 11.7 Å². The van der Waals surface area contributed by atoms with Crippen LogP contribution in [-0.4, -0.2) is 41.6 Å². The molecule has 1 aromatic heterocycles. The minimum atomic E-state index is -0.534. The second kappa shape index (κ2) is 12.4. The predicted octanol–water partition coefficient (Wildman–Crippen LogP) is 5.97. The van der Waals surface area contributed by atoms with Gasteiger partial charge < -0.3 is 20.1 Å². The number of aromatic nitrogens is 1. The molecule has 0 bridgehead atoms. The highest BCUT2D eigenvalue weighted by molar-refractivity contribution is 7.13. The molecule has 1 unspecified atom stereocenters. The third-order valence-corrected chi connectivity index (χ3v) is 7.95. The Balaban J connectivity index is 1.32. The van der Waals surface area contributed by atoms with Gasteiger partial charge in [-0.3, -0.25) is 4.79 Å². The summed E-state index contributed by atoms with van der Waals surface area (Å²) in [4.78, 5) is 20.8. The average molecular weight is 567 g/mol. The van der Waals surface area contributed by atoms with Crippen molar-refractivity contribution in [3.05, 3.63) is 74.0 Å². The molecular weight excluding hydrogens is 536 g/mol. The smallest absolute Gasteiger partial charge is 0.273 e. The van der Waals surface area contributed by atoms with Gasteiger partial charge in [0.1, 0.15) is 19.0 Å². The highest BCUT2D eigenvalue weighted by Gasteiger charge is 2.36. The number of amides is 1. The van der Waals surface area contributed by atoms with Gasteiger partial charge in [-0.15, -0.1) is 0 Å². The number of hydrogen-bond acceptors (Lipinski definition) is 6. The molecule has 2 N–H and O–H groups in total. The topological polar surface area (TPSA) is 77.7 Å². The lowest BCUT2D eigenvalue weighted by Crippen LogP contribution is -2.41. The van der Waals surface area contributed by atoms with Gasteiger partial charge in [0.25, 0.3) is 5.19 Å². The first-order valence-corrected chi connectivity index (χ1v) is 13.7. The van der Waals surface area contributed by atoms with E-state index in [0.717, 1.165) is 29.9 Å². The number of halogens is 3. The molecule has 6 nitrogen and oxygen atoms in total. The second-order valence-corrected chi connectivity index (χ2v) is 11.1. The lowest BCUT2D eigenvalue weighted by molar-refractivity contribution is -0.136. The van der Waals surface area contributed by atoms with Gasteiger partial charge >= 0.3 is 0 Å². The van der Waals surface area contributed by atoms with Gasteiger partial charge in [-0.05, 0) is 61.9 Å². The molecule has 1 aliphatic carbocycles. The van der Waals surface area contributed by atoms with Gasteiger partial charge in [0.15, 0.2) is 5.75 Å². The SMILES string of the molecule is Cc1cccc(CN(C(=O)C(CN)Cc2cnc(OCCOc3c(Cl)cc(F)cc3Cl)s2)C2CC2)c1C. The number of thiazole rings is 1. The average Bonchev–Trinajstić information content (AvgIpc) is 3.60. The van der Waals surface area contributed by atoms with Crippen LogP contribution in [0.5, 0.6) is 10.9 Å². The van der Waals surface area contributed by atoms with Gasteiger partial charge in [-0.1, -0.05) is 52.7 Å². The molecule has 3 aromatic rings. The predicted molar refractivity (Wildman–Crippen MR) is 145 cm³/mol. The number of hydrogen-bond donors (Lipinski definition) is 1. The van der Waals surface area contributed by atoms with Crippen LogP contribution in [0.3, 0.4) is 0 Å². The summed E-state index contributed by atoms with van der Waals surface area (Å²) in [6, 6.07) is 8.78. The Morgan fingerprint density at radius 2 is 1.92 bits per heavy atom. The summed E-state index contributed by atoms with van der Waals surface area (Å²) in [5, 5.41) is 0.654. The molecule has 0 radical (unpaired) electrons. The van der Waals surface area contributed by atoms with E-state index in [-0.39, 0.29) is 53.4 Å². The van der Waals surface area contributed by atoms with Crippen LogP contribution in [0.25, 0.3) is 0 Å². The molecule has 0 saturated heterocycles. The Hall–Kier alpha value is -2.39. The van der Waals surface area contributed by atoms with Crippen molar-refractivity contribution in [3.8, 4) is 10.9 Å². The van der Waals surface area contributed by atoms with E-state index in [1.807, 2.05) is 11.0 Å². The molecular formula is C27H30Cl2FN3O3S. The van der Waals surface area contributed by atoms with E-state index in [9.17, 15) is 9.18 Å². The number of nitrogens with two attached hydrogens (primary N) is 1. The molecule has 1 aliphatic rings. The zero-order valence-electron chi connectivity index (χ0n) is 20.8. The normalized spacial score (nSPS) is 13.9. The first kappa shape index (κ1) is 27.6. The van der Waals surface area contributed by atoms with E-state index >= 15 is 0 Å². The largest absolute Gasteiger partial charge is 0.487 e. The first-order valence-electron chi connectivity index (χ1n) is 12.2. The molecule has 1 heterocycles. The summed E-state index contributed by atoms with van der Waals surface area (Å²) in [5.74, 6) is -0.569. The van der Waals surface area contributed by atoms with E-state index in [0.29, 0.717) is 18.2 Å². The standard InChI is InChI=1S/C27H30Cl2FN3O3S/c1-16-4-3-5-18(17(16)2)15-33(21-6-7-21)26(34)19(13-31)10-22-14-32-27(37-22)36-9-8-35-25-23(28)11-20(30)12-24(25)29/h3-5,11-12,14,19,21H,6-10,13,15,31H2,1-2H3. The van der Waals surface area contributed by atoms with Crippen molar-refractivity contribution in [2.75, 3.05) is 19.8 Å². The Kier molecular flexibility index (Phi) is 9.29. The minimum Gasteiger partial charge on any atom is -0.487 e.